The van der Waals surface area contributed by atoms with Crippen LogP contribution in [-0.2, 0) is 14.3 Å². The second-order valence-electron chi connectivity index (χ2n) is 4.31. The van der Waals surface area contributed by atoms with E-state index < -0.39 is 0 Å². The van der Waals surface area contributed by atoms with E-state index in [9.17, 15) is 4.79 Å². The minimum absolute atomic E-state index is 0.0698. The van der Waals surface area contributed by atoms with E-state index in [1.807, 2.05) is 13.8 Å². The molecule has 1 aliphatic heterocycles. The van der Waals surface area contributed by atoms with Crippen molar-refractivity contribution in [2.24, 2.45) is 5.92 Å². The number of morpholine rings is 1. The number of rotatable bonds is 7. The third-order valence-corrected chi connectivity index (χ3v) is 2.85. The molecule has 0 bridgehead atoms. The number of nitrogens with zero attached hydrogens (tertiary/aromatic N) is 1. The Morgan fingerprint density at radius 3 is 2.82 bits per heavy atom. The molecule has 100 valence electrons. The van der Waals surface area contributed by atoms with Crippen molar-refractivity contribution >= 4 is 5.97 Å². The molecule has 0 aromatic rings. The SMILES string of the molecule is CCOC(=O)C(C)CNCCN1CCOCC1. The number of carbonyl (C=O) groups excluding carboxylic acids is 1. The lowest BCUT2D eigenvalue weighted by Gasteiger charge is -2.26. The zero-order valence-electron chi connectivity index (χ0n) is 10.9. The molecule has 1 rings (SSSR count). The number of esters is 1. The number of hydrogen-bond acceptors (Lipinski definition) is 5. The van der Waals surface area contributed by atoms with E-state index in [1.165, 1.54) is 0 Å². The van der Waals surface area contributed by atoms with Gasteiger partial charge in [0.25, 0.3) is 0 Å². The molecule has 0 aromatic carbocycles. The first-order chi connectivity index (χ1) is 8.24. The molecule has 0 aliphatic carbocycles. The molecule has 17 heavy (non-hydrogen) atoms. The topological polar surface area (TPSA) is 50.8 Å². The third-order valence-electron chi connectivity index (χ3n) is 2.85. The Morgan fingerprint density at radius 2 is 2.18 bits per heavy atom. The zero-order chi connectivity index (χ0) is 12.5. The van der Waals surface area contributed by atoms with Crippen LogP contribution in [0.3, 0.4) is 0 Å². The highest BCUT2D eigenvalue weighted by atomic mass is 16.5. The van der Waals surface area contributed by atoms with Gasteiger partial charge in [-0.25, -0.2) is 0 Å². The van der Waals surface area contributed by atoms with Crippen molar-refractivity contribution in [3.63, 3.8) is 0 Å². The van der Waals surface area contributed by atoms with Crippen LogP contribution in [0, 0.1) is 5.92 Å². The summed E-state index contributed by atoms with van der Waals surface area (Å²) in [6.07, 6.45) is 0. The van der Waals surface area contributed by atoms with Gasteiger partial charge in [-0.15, -0.1) is 0 Å². The van der Waals surface area contributed by atoms with Crippen LogP contribution in [0.15, 0.2) is 0 Å². The van der Waals surface area contributed by atoms with Gasteiger partial charge in [0.2, 0.25) is 0 Å². The van der Waals surface area contributed by atoms with Gasteiger partial charge in [-0.1, -0.05) is 6.92 Å². The van der Waals surface area contributed by atoms with E-state index in [2.05, 4.69) is 10.2 Å². The van der Waals surface area contributed by atoms with Crippen LogP contribution in [0.4, 0.5) is 0 Å². The van der Waals surface area contributed by atoms with E-state index in [1.54, 1.807) is 0 Å². The Balaban J connectivity index is 2.00. The number of nitrogens with one attached hydrogen (secondary N) is 1. The summed E-state index contributed by atoms with van der Waals surface area (Å²) in [7, 11) is 0. The average molecular weight is 244 g/mol. The van der Waals surface area contributed by atoms with Crippen molar-refractivity contribution in [3.8, 4) is 0 Å². The van der Waals surface area contributed by atoms with Crippen LogP contribution in [0.1, 0.15) is 13.8 Å². The quantitative estimate of drug-likeness (QED) is 0.509. The molecule has 5 heteroatoms. The maximum atomic E-state index is 11.3. The predicted molar refractivity (Wildman–Crippen MR) is 65.9 cm³/mol. The monoisotopic (exact) mass is 244 g/mol. The first-order valence-electron chi connectivity index (χ1n) is 6.41. The number of hydrogen-bond donors (Lipinski definition) is 1. The van der Waals surface area contributed by atoms with Crippen LogP contribution in [0.25, 0.3) is 0 Å². The highest BCUT2D eigenvalue weighted by Gasteiger charge is 2.13. The summed E-state index contributed by atoms with van der Waals surface area (Å²) < 4.78 is 10.2. The average Bonchev–Trinajstić information content (AvgIpc) is 2.36. The highest BCUT2D eigenvalue weighted by molar-refractivity contribution is 5.72. The summed E-state index contributed by atoms with van der Waals surface area (Å²) in [5, 5.41) is 3.29. The molecule has 0 radical (unpaired) electrons. The highest BCUT2D eigenvalue weighted by Crippen LogP contribution is 1.97. The second-order valence-corrected chi connectivity index (χ2v) is 4.31. The van der Waals surface area contributed by atoms with E-state index in [-0.39, 0.29) is 11.9 Å². The molecule has 1 heterocycles. The normalized spacial score (nSPS) is 18.9. The fraction of sp³-hybridized carbons (Fsp3) is 0.917. The largest absolute Gasteiger partial charge is 0.466 e. The lowest BCUT2D eigenvalue weighted by Crippen LogP contribution is -2.41. The van der Waals surface area contributed by atoms with E-state index >= 15 is 0 Å². The van der Waals surface area contributed by atoms with Gasteiger partial charge in [-0.3, -0.25) is 9.69 Å². The van der Waals surface area contributed by atoms with Gasteiger partial charge in [-0.05, 0) is 6.92 Å². The predicted octanol–water partition coefficient (Wildman–Crippen LogP) is 0.107. The fourth-order valence-corrected chi connectivity index (χ4v) is 1.75. The van der Waals surface area contributed by atoms with Crippen LogP contribution in [-0.4, -0.2) is 63.4 Å². The molecule has 1 N–H and O–H groups in total. The van der Waals surface area contributed by atoms with Gasteiger partial charge in [-0.2, -0.15) is 0 Å². The lowest BCUT2D eigenvalue weighted by molar-refractivity contribution is -0.147. The standard InChI is InChI=1S/C12H24N2O3/c1-3-17-12(15)11(2)10-13-4-5-14-6-8-16-9-7-14/h11,13H,3-10H2,1-2H3. The molecule has 1 atom stereocenters. The van der Waals surface area contributed by atoms with Crippen LogP contribution in [0.2, 0.25) is 0 Å². The van der Waals surface area contributed by atoms with Crippen LogP contribution < -0.4 is 5.32 Å². The van der Waals surface area contributed by atoms with E-state index in [0.717, 1.165) is 39.4 Å². The number of ether oxygens (including phenoxy) is 2. The molecular weight excluding hydrogens is 220 g/mol. The molecule has 1 aliphatic rings. The zero-order valence-corrected chi connectivity index (χ0v) is 10.9. The molecule has 1 unspecified atom stereocenters. The molecule has 1 fully saturated rings. The summed E-state index contributed by atoms with van der Waals surface area (Å²) in [4.78, 5) is 13.7. The van der Waals surface area contributed by atoms with Crippen molar-refractivity contribution in [1.82, 2.24) is 10.2 Å². The molecule has 0 spiro atoms. The summed E-state index contributed by atoms with van der Waals surface area (Å²) in [6.45, 7) is 10.5. The third kappa shape index (κ3) is 6.00. The summed E-state index contributed by atoms with van der Waals surface area (Å²) in [5.74, 6) is -0.189. The van der Waals surface area contributed by atoms with Crippen molar-refractivity contribution < 1.29 is 14.3 Å². The van der Waals surface area contributed by atoms with E-state index in [4.69, 9.17) is 9.47 Å². The summed E-state index contributed by atoms with van der Waals surface area (Å²) in [6, 6.07) is 0. The Kier molecular flexibility index (Phi) is 7.16. The van der Waals surface area contributed by atoms with Gasteiger partial charge < -0.3 is 14.8 Å². The van der Waals surface area contributed by atoms with Crippen molar-refractivity contribution in [2.75, 3.05) is 52.5 Å². The molecular formula is C12H24N2O3. The summed E-state index contributed by atoms with van der Waals surface area (Å²) >= 11 is 0. The minimum atomic E-state index is -0.119. The molecule has 5 nitrogen and oxygen atoms in total. The molecule has 0 saturated carbocycles. The number of carbonyl (C=O) groups is 1. The van der Waals surface area contributed by atoms with Gasteiger partial charge in [0.15, 0.2) is 0 Å². The first-order valence-corrected chi connectivity index (χ1v) is 6.41. The van der Waals surface area contributed by atoms with Crippen molar-refractivity contribution in [2.45, 2.75) is 13.8 Å². The van der Waals surface area contributed by atoms with Crippen LogP contribution in [0.5, 0.6) is 0 Å². The lowest BCUT2D eigenvalue weighted by atomic mass is 10.2. The Hall–Kier alpha value is -0.650. The smallest absolute Gasteiger partial charge is 0.309 e. The second kappa shape index (κ2) is 8.44. The Bertz CT molecular complexity index is 218. The first kappa shape index (κ1) is 14.4. The summed E-state index contributed by atoms with van der Waals surface area (Å²) in [5.41, 5.74) is 0. The van der Waals surface area contributed by atoms with Gasteiger partial charge in [0.05, 0.1) is 25.7 Å². The van der Waals surface area contributed by atoms with Crippen molar-refractivity contribution in [1.29, 1.82) is 0 Å². The molecule has 0 amide bonds. The molecule has 0 aromatic heterocycles. The van der Waals surface area contributed by atoms with Gasteiger partial charge >= 0.3 is 5.97 Å². The van der Waals surface area contributed by atoms with Crippen molar-refractivity contribution in [3.05, 3.63) is 0 Å². The van der Waals surface area contributed by atoms with E-state index in [0.29, 0.717) is 13.2 Å². The maximum Gasteiger partial charge on any atom is 0.309 e. The van der Waals surface area contributed by atoms with Gasteiger partial charge in [0.1, 0.15) is 0 Å². The van der Waals surface area contributed by atoms with Crippen LogP contribution >= 0.6 is 0 Å². The maximum absolute atomic E-state index is 11.3. The van der Waals surface area contributed by atoms with Gasteiger partial charge in [0, 0.05) is 32.7 Å². The Labute approximate surface area is 103 Å². The fourth-order valence-electron chi connectivity index (χ4n) is 1.75. The molecule has 1 saturated heterocycles. The minimum Gasteiger partial charge on any atom is -0.466 e. The Morgan fingerprint density at radius 1 is 1.47 bits per heavy atom.